The lowest BCUT2D eigenvalue weighted by Crippen LogP contribution is -2.36. The van der Waals surface area contributed by atoms with Crippen LogP contribution in [0, 0.1) is 0 Å². The standard InChI is InChI=1S/C10H13NO4S/c1-14-8-4-2-7-3-5-10(16(11,12)13)15-9(7)6-8/h2,4,6,10H,3,5H2,1H3,(H2,11,12,13). The zero-order chi connectivity index (χ0) is 11.8. The molecule has 1 aromatic carbocycles. The fourth-order valence-corrected chi connectivity index (χ4v) is 2.37. The Balaban J connectivity index is 2.32. The number of benzene rings is 1. The largest absolute Gasteiger partial charge is 0.497 e. The van der Waals surface area contributed by atoms with Crippen LogP contribution in [0.1, 0.15) is 12.0 Å². The van der Waals surface area contributed by atoms with E-state index in [0.717, 1.165) is 5.56 Å². The van der Waals surface area contributed by atoms with E-state index >= 15 is 0 Å². The van der Waals surface area contributed by atoms with Crippen LogP contribution in [-0.4, -0.2) is 21.0 Å². The average molecular weight is 243 g/mol. The van der Waals surface area contributed by atoms with Gasteiger partial charge >= 0.3 is 0 Å². The van der Waals surface area contributed by atoms with Crippen LogP contribution >= 0.6 is 0 Å². The number of primary sulfonamides is 1. The highest BCUT2D eigenvalue weighted by atomic mass is 32.2. The van der Waals surface area contributed by atoms with Gasteiger partial charge in [-0.2, -0.15) is 0 Å². The van der Waals surface area contributed by atoms with Crippen LogP contribution in [0.5, 0.6) is 11.5 Å². The molecule has 5 nitrogen and oxygen atoms in total. The molecule has 1 aromatic rings. The first-order valence-electron chi connectivity index (χ1n) is 4.86. The van der Waals surface area contributed by atoms with E-state index in [1.54, 1.807) is 13.2 Å². The number of rotatable bonds is 2. The van der Waals surface area contributed by atoms with Crippen LogP contribution in [0.3, 0.4) is 0 Å². The van der Waals surface area contributed by atoms with E-state index in [-0.39, 0.29) is 0 Å². The van der Waals surface area contributed by atoms with Gasteiger partial charge in [-0.3, -0.25) is 0 Å². The van der Waals surface area contributed by atoms with Gasteiger partial charge < -0.3 is 9.47 Å². The maximum Gasteiger partial charge on any atom is 0.247 e. The third kappa shape index (κ3) is 2.12. The van der Waals surface area contributed by atoms with Crippen LogP contribution in [0.15, 0.2) is 18.2 Å². The molecule has 1 aliphatic rings. The number of fused-ring (bicyclic) bond motifs is 1. The van der Waals surface area contributed by atoms with Crippen LogP contribution in [-0.2, 0) is 16.4 Å². The fraction of sp³-hybridized carbons (Fsp3) is 0.400. The quantitative estimate of drug-likeness (QED) is 0.826. The average Bonchev–Trinajstić information content (AvgIpc) is 2.26. The van der Waals surface area contributed by atoms with E-state index in [0.29, 0.717) is 24.3 Å². The normalized spacial score (nSPS) is 19.8. The van der Waals surface area contributed by atoms with Gasteiger partial charge in [0, 0.05) is 12.5 Å². The van der Waals surface area contributed by atoms with Crippen molar-refractivity contribution in [2.45, 2.75) is 18.3 Å². The molecule has 0 amide bonds. The van der Waals surface area contributed by atoms with Gasteiger partial charge in [0.2, 0.25) is 15.5 Å². The number of ether oxygens (including phenoxy) is 2. The summed E-state index contributed by atoms with van der Waals surface area (Å²) >= 11 is 0. The summed E-state index contributed by atoms with van der Waals surface area (Å²) in [5.74, 6) is 1.17. The Morgan fingerprint density at radius 1 is 1.50 bits per heavy atom. The van der Waals surface area contributed by atoms with Crippen molar-refractivity contribution in [2.24, 2.45) is 5.14 Å². The van der Waals surface area contributed by atoms with Crippen LogP contribution in [0.2, 0.25) is 0 Å². The highest BCUT2D eigenvalue weighted by Crippen LogP contribution is 2.32. The summed E-state index contributed by atoms with van der Waals surface area (Å²) in [5, 5.41) is 5.05. The van der Waals surface area contributed by atoms with Crippen LogP contribution in [0.25, 0.3) is 0 Å². The van der Waals surface area contributed by atoms with Gasteiger partial charge in [0.15, 0.2) is 0 Å². The molecule has 2 rings (SSSR count). The van der Waals surface area contributed by atoms with Gasteiger partial charge in [0.1, 0.15) is 11.5 Å². The van der Waals surface area contributed by atoms with Gasteiger partial charge in [-0.05, 0) is 18.1 Å². The lowest BCUT2D eigenvalue weighted by Gasteiger charge is -2.24. The molecular weight excluding hydrogens is 230 g/mol. The minimum Gasteiger partial charge on any atom is -0.497 e. The van der Waals surface area contributed by atoms with E-state index < -0.39 is 15.5 Å². The Kier molecular flexibility index (Phi) is 2.77. The zero-order valence-electron chi connectivity index (χ0n) is 8.84. The first kappa shape index (κ1) is 11.2. The summed E-state index contributed by atoms with van der Waals surface area (Å²) in [7, 11) is -2.11. The lowest BCUT2D eigenvalue weighted by molar-refractivity contribution is 0.241. The van der Waals surface area contributed by atoms with Crippen molar-refractivity contribution in [3.05, 3.63) is 23.8 Å². The van der Waals surface area contributed by atoms with Crippen molar-refractivity contribution >= 4 is 10.0 Å². The Morgan fingerprint density at radius 2 is 2.25 bits per heavy atom. The molecule has 0 spiro atoms. The maximum absolute atomic E-state index is 11.2. The van der Waals surface area contributed by atoms with Gasteiger partial charge in [-0.15, -0.1) is 0 Å². The second-order valence-corrected chi connectivity index (χ2v) is 5.35. The molecule has 88 valence electrons. The molecule has 0 radical (unpaired) electrons. The van der Waals surface area contributed by atoms with Crippen LogP contribution < -0.4 is 14.6 Å². The molecule has 0 bridgehead atoms. The van der Waals surface area contributed by atoms with Crippen LogP contribution in [0.4, 0.5) is 0 Å². The molecule has 0 aliphatic carbocycles. The van der Waals surface area contributed by atoms with E-state index in [1.807, 2.05) is 12.1 Å². The number of methoxy groups -OCH3 is 1. The van der Waals surface area contributed by atoms with E-state index in [9.17, 15) is 8.42 Å². The summed E-state index contributed by atoms with van der Waals surface area (Å²) in [4.78, 5) is 0. The summed E-state index contributed by atoms with van der Waals surface area (Å²) in [6.07, 6.45) is 1.03. The molecule has 0 saturated heterocycles. The molecule has 0 saturated carbocycles. The Morgan fingerprint density at radius 3 is 2.88 bits per heavy atom. The summed E-state index contributed by atoms with van der Waals surface area (Å²) < 4.78 is 32.7. The highest BCUT2D eigenvalue weighted by molar-refractivity contribution is 7.89. The van der Waals surface area contributed by atoms with Crippen molar-refractivity contribution in [3.8, 4) is 11.5 Å². The molecule has 0 aromatic heterocycles. The minimum atomic E-state index is -3.65. The number of nitrogens with two attached hydrogens (primary N) is 1. The first-order chi connectivity index (χ1) is 7.50. The molecule has 1 unspecified atom stereocenters. The molecule has 2 N–H and O–H groups in total. The lowest BCUT2D eigenvalue weighted by atomic mass is 10.1. The fourth-order valence-electron chi connectivity index (χ4n) is 1.68. The Hall–Kier alpha value is -1.27. The molecule has 1 heterocycles. The minimum absolute atomic E-state index is 0.387. The maximum atomic E-state index is 11.2. The second kappa shape index (κ2) is 3.95. The summed E-state index contributed by atoms with van der Waals surface area (Å²) in [6, 6.07) is 5.36. The third-order valence-corrected chi connectivity index (χ3v) is 3.61. The summed E-state index contributed by atoms with van der Waals surface area (Å²) in [5.41, 5.74) is 0.0211. The first-order valence-corrected chi connectivity index (χ1v) is 6.47. The molecule has 1 aliphatic heterocycles. The third-order valence-electron chi connectivity index (χ3n) is 2.55. The van der Waals surface area contributed by atoms with Crippen molar-refractivity contribution < 1.29 is 17.9 Å². The van der Waals surface area contributed by atoms with Gasteiger partial charge in [0.05, 0.1) is 7.11 Å². The van der Waals surface area contributed by atoms with Crippen molar-refractivity contribution in [2.75, 3.05) is 7.11 Å². The Labute approximate surface area is 94.2 Å². The van der Waals surface area contributed by atoms with Crippen molar-refractivity contribution in [1.82, 2.24) is 0 Å². The molecule has 1 atom stereocenters. The van der Waals surface area contributed by atoms with E-state index in [2.05, 4.69) is 0 Å². The van der Waals surface area contributed by atoms with Gasteiger partial charge in [-0.25, -0.2) is 13.6 Å². The van der Waals surface area contributed by atoms with Crippen molar-refractivity contribution in [1.29, 1.82) is 0 Å². The number of hydrogen-bond acceptors (Lipinski definition) is 4. The molecular formula is C10H13NO4S. The second-order valence-electron chi connectivity index (χ2n) is 3.65. The topological polar surface area (TPSA) is 78.6 Å². The zero-order valence-corrected chi connectivity index (χ0v) is 9.66. The SMILES string of the molecule is COc1ccc2c(c1)OC(S(N)(=O)=O)CC2. The van der Waals surface area contributed by atoms with E-state index in [4.69, 9.17) is 14.6 Å². The van der Waals surface area contributed by atoms with Gasteiger partial charge in [-0.1, -0.05) is 6.07 Å². The summed E-state index contributed by atoms with van der Waals surface area (Å²) in [6.45, 7) is 0. The molecule has 16 heavy (non-hydrogen) atoms. The van der Waals surface area contributed by atoms with E-state index in [1.165, 1.54) is 0 Å². The number of sulfonamides is 1. The Bertz CT molecular complexity index is 498. The predicted octanol–water partition coefficient (Wildman–Crippen LogP) is 0.635. The highest BCUT2D eigenvalue weighted by Gasteiger charge is 2.28. The predicted molar refractivity (Wildman–Crippen MR) is 58.8 cm³/mol. The number of hydrogen-bond donors (Lipinski definition) is 1. The molecule has 6 heteroatoms. The van der Waals surface area contributed by atoms with Gasteiger partial charge in [0.25, 0.3) is 0 Å². The number of aryl methyl sites for hydroxylation is 1. The smallest absolute Gasteiger partial charge is 0.247 e. The monoisotopic (exact) mass is 243 g/mol. The van der Waals surface area contributed by atoms with Crippen molar-refractivity contribution in [3.63, 3.8) is 0 Å². The molecule has 0 fully saturated rings.